The van der Waals surface area contributed by atoms with E-state index in [4.69, 9.17) is 0 Å². The van der Waals surface area contributed by atoms with Gasteiger partial charge in [0.05, 0.1) is 11.9 Å². The fraction of sp³-hybridized carbons (Fsp3) is 0.292. The molecule has 6 heteroatoms. The highest BCUT2D eigenvalue weighted by Crippen LogP contribution is 2.24. The lowest BCUT2D eigenvalue weighted by atomic mass is 10.1. The fourth-order valence-corrected chi connectivity index (χ4v) is 4.48. The molecule has 3 aromatic rings. The molecule has 2 aliphatic rings. The smallest absolute Gasteiger partial charge is 0.261 e. The molecule has 0 saturated carbocycles. The molecule has 152 valence electrons. The second-order valence-electron chi connectivity index (χ2n) is 8.04. The highest BCUT2D eigenvalue weighted by molar-refractivity contribution is 6.06. The minimum Gasteiger partial charge on any atom is -0.346 e. The Balaban J connectivity index is 1.33. The Morgan fingerprint density at radius 2 is 1.73 bits per heavy atom. The van der Waals surface area contributed by atoms with Crippen LogP contribution in [0.3, 0.4) is 0 Å². The molecule has 30 heavy (non-hydrogen) atoms. The minimum absolute atomic E-state index is 0.144. The van der Waals surface area contributed by atoms with E-state index < -0.39 is 5.91 Å². The summed E-state index contributed by atoms with van der Waals surface area (Å²) in [6, 6.07) is 12.9. The summed E-state index contributed by atoms with van der Waals surface area (Å²) in [4.78, 5) is 39.9. The van der Waals surface area contributed by atoms with Crippen LogP contribution >= 0.6 is 0 Å². The first-order chi connectivity index (χ1) is 14.6. The first kappa shape index (κ1) is 18.6. The maximum absolute atomic E-state index is 12.9. The zero-order valence-electron chi connectivity index (χ0n) is 16.7. The molecule has 3 heterocycles. The Morgan fingerprint density at radius 1 is 0.967 bits per heavy atom. The summed E-state index contributed by atoms with van der Waals surface area (Å²) in [5, 5.41) is 3.41. The average molecular weight is 401 g/mol. The number of para-hydroxylation sites is 1. The number of amides is 2. The summed E-state index contributed by atoms with van der Waals surface area (Å²) < 4.78 is 1.99. The van der Waals surface area contributed by atoms with E-state index in [2.05, 4.69) is 5.32 Å². The van der Waals surface area contributed by atoms with Gasteiger partial charge in [0.15, 0.2) is 0 Å². The van der Waals surface area contributed by atoms with Gasteiger partial charge < -0.3 is 14.8 Å². The minimum atomic E-state index is -0.413. The zero-order chi connectivity index (χ0) is 20.7. The molecule has 0 radical (unpaired) electrons. The molecule has 0 spiro atoms. The summed E-state index contributed by atoms with van der Waals surface area (Å²) in [5.41, 5.74) is 3.51. The highest BCUT2D eigenvalue weighted by atomic mass is 16.2. The van der Waals surface area contributed by atoms with Crippen LogP contribution in [-0.2, 0) is 24.2 Å². The monoisotopic (exact) mass is 401 g/mol. The van der Waals surface area contributed by atoms with Crippen molar-refractivity contribution in [3.8, 4) is 0 Å². The van der Waals surface area contributed by atoms with Gasteiger partial charge in [-0.3, -0.25) is 14.4 Å². The number of carbonyl (C=O) groups is 2. The van der Waals surface area contributed by atoms with E-state index in [9.17, 15) is 14.4 Å². The van der Waals surface area contributed by atoms with Gasteiger partial charge >= 0.3 is 0 Å². The van der Waals surface area contributed by atoms with Crippen molar-refractivity contribution in [2.45, 2.75) is 32.2 Å². The van der Waals surface area contributed by atoms with E-state index in [-0.39, 0.29) is 16.9 Å². The van der Waals surface area contributed by atoms with Gasteiger partial charge in [-0.2, -0.15) is 0 Å². The standard InChI is InChI=1S/C24H23N3O3/c28-21(26-11-1-2-12-26)14-16-6-8-18(9-7-16)25-24(30)20-15-27-13-10-17-4-3-5-19(22(17)27)23(20)29/h3-9,15H,1-2,10-14H2,(H,25,30). The first-order valence-corrected chi connectivity index (χ1v) is 10.4. The van der Waals surface area contributed by atoms with Crippen molar-refractivity contribution in [2.75, 3.05) is 18.4 Å². The van der Waals surface area contributed by atoms with Gasteiger partial charge in [0.25, 0.3) is 5.91 Å². The van der Waals surface area contributed by atoms with Crippen molar-refractivity contribution in [2.24, 2.45) is 0 Å². The van der Waals surface area contributed by atoms with Gasteiger partial charge in [-0.15, -0.1) is 0 Å². The molecule has 0 atom stereocenters. The topological polar surface area (TPSA) is 71.4 Å². The third-order valence-corrected chi connectivity index (χ3v) is 6.07. The molecule has 2 amide bonds. The van der Waals surface area contributed by atoms with E-state index in [1.807, 2.05) is 33.7 Å². The molecular weight excluding hydrogens is 378 g/mol. The lowest BCUT2D eigenvalue weighted by Gasteiger charge is -2.15. The van der Waals surface area contributed by atoms with E-state index >= 15 is 0 Å². The fourth-order valence-electron chi connectivity index (χ4n) is 4.48. The summed E-state index contributed by atoms with van der Waals surface area (Å²) in [7, 11) is 0. The van der Waals surface area contributed by atoms with Crippen LogP contribution in [0, 0.1) is 0 Å². The number of benzene rings is 2. The molecule has 2 aliphatic heterocycles. The van der Waals surface area contributed by atoms with Crippen LogP contribution < -0.4 is 10.7 Å². The quantitative estimate of drug-likeness (QED) is 0.731. The summed E-state index contributed by atoms with van der Waals surface area (Å²) in [6.07, 6.45) is 5.06. The van der Waals surface area contributed by atoms with Crippen molar-refractivity contribution in [1.29, 1.82) is 0 Å². The number of aromatic nitrogens is 1. The van der Waals surface area contributed by atoms with Crippen molar-refractivity contribution in [1.82, 2.24) is 9.47 Å². The van der Waals surface area contributed by atoms with Crippen molar-refractivity contribution < 1.29 is 9.59 Å². The molecule has 6 nitrogen and oxygen atoms in total. The molecule has 1 fully saturated rings. The van der Waals surface area contributed by atoms with Crippen LogP contribution in [0.25, 0.3) is 10.9 Å². The summed E-state index contributed by atoms with van der Waals surface area (Å²) >= 11 is 0. The van der Waals surface area contributed by atoms with Gasteiger partial charge in [-0.05, 0) is 48.6 Å². The van der Waals surface area contributed by atoms with Gasteiger partial charge in [0.2, 0.25) is 11.3 Å². The number of hydrogen-bond donors (Lipinski definition) is 1. The van der Waals surface area contributed by atoms with Crippen molar-refractivity contribution in [3.63, 3.8) is 0 Å². The summed E-state index contributed by atoms with van der Waals surface area (Å²) in [6.45, 7) is 2.46. The predicted molar refractivity (Wildman–Crippen MR) is 116 cm³/mol. The lowest BCUT2D eigenvalue weighted by Crippen LogP contribution is -2.29. The molecule has 1 aromatic heterocycles. The van der Waals surface area contributed by atoms with E-state index in [1.54, 1.807) is 24.4 Å². The Bertz CT molecular complexity index is 1200. The van der Waals surface area contributed by atoms with Crippen LogP contribution in [0.2, 0.25) is 0 Å². The van der Waals surface area contributed by atoms with Gasteiger partial charge in [0.1, 0.15) is 5.56 Å². The SMILES string of the molecule is O=C(Nc1ccc(CC(=O)N2CCCC2)cc1)c1cn2c3c(cccc3c1=O)CC2. The predicted octanol–water partition coefficient (Wildman–Crippen LogP) is 2.97. The van der Waals surface area contributed by atoms with Gasteiger partial charge in [-0.1, -0.05) is 24.3 Å². The number of nitrogens with zero attached hydrogens (tertiary/aromatic N) is 2. The molecular formula is C24H23N3O3. The van der Waals surface area contributed by atoms with Crippen LogP contribution in [-0.4, -0.2) is 34.4 Å². The van der Waals surface area contributed by atoms with Crippen molar-refractivity contribution in [3.05, 3.63) is 75.6 Å². The maximum atomic E-state index is 12.9. The number of aryl methyl sites for hydroxylation is 2. The number of carbonyl (C=O) groups excluding carboxylic acids is 2. The molecule has 0 aliphatic carbocycles. The van der Waals surface area contributed by atoms with Crippen LogP contribution in [0.15, 0.2) is 53.5 Å². The second-order valence-corrected chi connectivity index (χ2v) is 8.04. The van der Waals surface area contributed by atoms with E-state index in [0.717, 1.165) is 55.5 Å². The molecule has 1 saturated heterocycles. The van der Waals surface area contributed by atoms with Gasteiger partial charge in [-0.25, -0.2) is 0 Å². The number of rotatable bonds is 4. The van der Waals surface area contributed by atoms with Crippen molar-refractivity contribution >= 4 is 28.4 Å². The molecule has 5 rings (SSSR count). The van der Waals surface area contributed by atoms with E-state index in [0.29, 0.717) is 17.5 Å². The normalized spacial score (nSPS) is 15.0. The third-order valence-electron chi connectivity index (χ3n) is 6.07. The molecule has 0 bridgehead atoms. The number of pyridine rings is 1. The number of anilines is 1. The Kier molecular flexibility index (Phi) is 4.62. The average Bonchev–Trinajstić information content (AvgIpc) is 3.43. The summed E-state index contributed by atoms with van der Waals surface area (Å²) in [5.74, 6) is -0.269. The Morgan fingerprint density at radius 3 is 2.50 bits per heavy atom. The zero-order valence-corrected chi connectivity index (χ0v) is 16.7. The Labute approximate surface area is 174 Å². The third kappa shape index (κ3) is 3.28. The second kappa shape index (κ2) is 7.44. The maximum Gasteiger partial charge on any atom is 0.261 e. The number of nitrogens with one attached hydrogen (secondary N) is 1. The lowest BCUT2D eigenvalue weighted by molar-refractivity contribution is -0.129. The molecule has 2 aromatic carbocycles. The van der Waals surface area contributed by atoms with Crippen LogP contribution in [0.1, 0.15) is 34.3 Å². The van der Waals surface area contributed by atoms with Gasteiger partial charge in [0, 0.05) is 36.9 Å². The Hall–Kier alpha value is -3.41. The van der Waals surface area contributed by atoms with Crippen LogP contribution in [0.5, 0.6) is 0 Å². The van der Waals surface area contributed by atoms with Crippen LogP contribution in [0.4, 0.5) is 5.69 Å². The number of likely N-dealkylation sites (tertiary alicyclic amines) is 1. The highest BCUT2D eigenvalue weighted by Gasteiger charge is 2.21. The first-order valence-electron chi connectivity index (χ1n) is 10.4. The van der Waals surface area contributed by atoms with E-state index in [1.165, 1.54) is 0 Å². The molecule has 0 unspecified atom stereocenters. The number of hydrogen-bond acceptors (Lipinski definition) is 3. The largest absolute Gasteiger partial charge is 0.346 e. The molecule has 1 N–H and O–H groups in total.